The van der Waals surface area contributed by atoms with Gasteiger partial charge in [-0.25, -0.2) is 4.98 Å². The molecule has 6 nitrogen and oxygen atoms in total. The fourth-order valence-electron chi connectivity index (χ4n) is 3.25. The van der Waals surface area contributed by atoms with Gasteiger partial charge in [0.15, 0.2) is 5.78 Å². The molecule has 0 spiro atoms. The third kappa shape index (κ3) is 3.34. The molecule has 0 radical (unpaired) electrons. The van der Waals surface area contributed by atoms with Gasteiger partial charge in [-0.15, -0.1) is 0 Å². The van der Waals surface area contributed by atoms with Gasteiger partial charge in [0.2, 0.25) is 5.88 Å². The second-order valence-electron chi connectivity index (χ2n) is 6.11. The molecule has 0 saturated heterocycles. The summed E-state index contributed by atoms with van der Waals surface area (Å²) in [6, 6.07) is 9.34. The van der Waals surface area contributed by atoms with E-state index in [2.05, 4.69) is 4.98 Å². The number of hydrogen-bond donors (Lipinski definition) is 1. The van der Waals surface area contributed by atoms with Gasteiger partial charge in [-0.05, 0) is 39.0 Å². The zero-order chi connectivity index (χ0) is 19.7. The van der Waals surface area contributed by atoms with Crippen molar-refractivity contribution in [2.24, 2.45) is 5.73 Å². The number of hydrogen-bond acceptors (Lipinski definition) is 6. The summed E-state index contributed by atoms with van der Waals surface area (Å²) in [6.45, 7) is 5.50. The molecule has 0 amide bonds. The first-order chi connectivity index (χ1) is 12.9. The number of carbonyl (C=O) groups is 1. The van der Waals surface area contributed by atoms with Crippen molar-refractivity contribution in [1.82, 2.24) is 4.98 Å². The van der Waals surface area contributed by atoms with Crippen LogP contribution in [0.2, 0.25) is 5.15 Å². The first-order valence-corrected chi connectivity index (χ1v) is 8.77. The Kier molecular flexibility index (Phi) is 5.06. The Bertz CT molecular complexity index is 1050. The van der Waals surface area contributed by atoms with Crippen LogP contribution in [0.15, 0.2) is 47.1 Å². The van der Waals surface area contributed by atoms with Crippen LogP contribution in [-0.2, 0) is 9.53 Å². The van der Waals surface area contributed by atoms with Crippen LogP contribution in [0, 0.1) is 11.3 Å². The van der Waals surface area contributed by atoms with E-state index in [4.69, 9.17) is 26.8 Å². The highest BCUT2D eigenvalue weighted by molar-refractivity contribution is 6.30. The van der Waals surface area contributed by atoms with Crippen LogP contribution in [0.1, 0.15) is 32.3 Å². The van der Waals surface area contributed by atoms with E-state index in [-0.39, 0.29) is 22.4 Å². The number of allylic oxidation sites excluding steroid dienone is 3. The predicted octanol–water partition coefficient (Wildman–Crippen LogP) is 3.96. The molecule has 1 aromatic carbocycles. The van der Waals surface area contributed by atoms with Crippen LogP contribution >= 0.6 is 11.6 Å². The maximum atomic E-state index is 12.3. The molecule has 27 heavy (non-hydrogen) atoms. The summed E-state index contributed by atoms with van der Waals surface area (Å²) in [5, 5.41) is 10.6. The summed E-state index contributed by atoms with van der Waals surface area (Å²) in [5.41, 5.74) is 7.56. The molecule has 1 atom stereocenters. The van der Waals surface area contributed by atoms with Crippen LogP contribution in [0.25, 0.3) is 10.9 Å². The van der Waals surface area contributed by atoms with Crippen molar-refractivity contribution in [1.29, 1.82) is 5.26 Å². The Hall–Kier alpha value is -3.04. The number of pyridine rings is 1. The van der Waals surface area contributed by atoms with E-state index >= 15 is 0 Å². The highest BCUT2D eigenvalue weighted by Crippen LogP contribution is 2.42. The molecular formula is C20H18ClN3O3. The molecular weight excluding hydrogens is 366 g/mol. The third-order valence-electron chi connectivity index (χ3n) is 4.38. The summed E-state index contributed by atoms with van der Waals surface area (Å²) in [4.78, 5) is 16.7. The van der Waals surface area contributed by atoms with Gasteiger partial charge >= 0.3 is 0 Å². The number of fused-ring (bicyclic) bond motifs is 1. The summed E-state index contributed by atoms with van der Waals surface area (Å²) in [6.07, 6.45) is 0. The number of nitrogens with two attached hydrogens (primary N) is 1. The fourth-order valence-corrected chi connectivity index (χ4v) is 3.50. The van der Waals surface area contributed by atoms with Gasteiger partial charge in [-0.2, -0.15) is 5.26 Å². The smallest absolute Gasteiger partial charge is 0.205 e. The molecule has 0 fully saturated rings. The number of carbonyl (C=O) groups excluding carboxylic acids is 1. The highest BCUT2D eigenvalue weighted by Gasteiger charge is 2.35. The van der Waals surface area contributed by atoms with Crippen molar-refractivity contribution in [3.63, 3.8) is 0 Å². The molecule has 2 aromatic rings. The Morgan fingerprint density at radius 3 is 2.81 bits per heavy atom. The Labute approximate surface area is 161 Å². The van der Waals surface area contributed by atoms with Crippen molar-refractivity contribution in [3.8, 4) is 11.8 Å². The molecule has 2 heterocycles. The minimum absolute atomic E-state index is 0.0344. The number of ether oxygens (including phenoxy) is 2. The maximum Gasteiger partial charge on any atom is 0.205 e. The Morgan fingerprint density at radius 2 is 2.19 bits per heavy atom. The number of halogens is 1. The summed E-state index contributed by atoms with van der Waals surface area (Å²) in [7, 11) is 0. The average molecular weight is 384 g/mol. The lowest BCUT2D eigenvalue weighted by molar-refractivity contribution is -0.114. The number of nitrogens with zero attached hydrogens (tertiary/aromatic N) is 2. The molecule has 138 valence electrons. The van der Waals surface area contributed by atoms with Crippen molar-refractivity contribution in [2.75, 3.05) is 6.61 Å². The lowest BCUT2D eigenvalue weighted by atomic mass is 9.82. The van der Waals surface area contributed by atoms with Gasteiger partial charge in [-0.1, -0.05) is 11.6 Å². The molecule has 0 saturated carbocycles. The van der Waals surface area contributed by atoms with Crippen LogP contribution in [0.3, 0.4) is 0 Å². The normalized spacial score (nSPS) is 16.9. The molecule has 1 aliphatic rings. The number of benzene rings is 1. The van der Waals surface area contributed by atoms with E-state index in [1.165, 1.54) is 6.92 Å². The first kappa shape index (κ1) is 18.7. The van der Waals surface area contributed by atoms with Crippen LogP contribution in [0.5, 0.6) is 5.75 Å². The summed E-state index contributed by atoms with van der Waals surface area (Å²) >= 11 is 6.45. The second-order valence-corrected chi connectivity index (χ2v) is 6.46. The SMILES string of the molecule is CCOc1ccc2cc([C@H]3C(C#N)=C(N)OC(C)=C3C(C)=O)c(Cl)nc2c1. The van der Waals surface area contributed by atoms with E-state index in [9.17, 15) is 10.1 Å². The number of nitriles is 1. The average Bonchev–Trinajstić information content (AvgIpc) is 2.60. The first-order valence-electron chi connectivity index (χ1n) is 8.39. The third-order valence-corrected chi connectivity index (χ3v) is 4.68. The molecule has 2 N–H and O–H groups in total. The van der Waals surface area contributed by atoms with E-state index in [1.807, 2.05) is 31.2 Å². The fraction of sp³-hybridized carbons (Fsp3) is 0.250. The lowest BCUT2D eigenvalue weighted by Crippen LogP contribution is -2.23. The molecule has 1 aliphatic heterocycles. The van der Waals surface area contributed by atoms with Gasteiger partial charge in [0, 0.05) is 22.6 Å². The standard InChI is InChI=1S/C20H18ClN3O3/c1-4-26-13-6-5-12-7-14(19(21)24-16(12)8-13)18-15(9-22)20(23)27-11(3)17(18)10(2)25/h5-8,18H,4,23H2,1-3H3/t18-/m0/s1. The van der Waals surface area contributed by atoms with Gasteiger partial charge < -0.3 is 15.2 Å². The minimum Gasteiger partial charge on any atom is -0.494 e. The van der Waals surface area contributed by atoms with Crippen LogP contribution < -0.4 is 10.5 Å². The quantitative estimate of drug-likeness (QED) is 0.802. The molecule has 0 bridgehead atoms. The van der Waals surface area contributed by atoms with Gasteiger partial charge in [0.05, 0.1) is 18.0 Å². The van der Waals surface area contributed by atoms with Crippen molar-refractivity contribution < 1.29 is 14.3 Å². The predicted molar refractivity (Wildman–Crippen MR) is 102 cm³/mol. The largest absolute Gasteiger partial charge is 0.494 e. The topological polar surface area (TPSA) is 98.2 Å². The Balaban J connectivity index is 2.23. The van der Waals surface area contributed by atoms with E-state index in [0.717, 1.165) is 5.39 Å². The van der Waals surface area contributed by atoms with E-state index < -0.39 is 5.92 Å². The van der Waals surface area contributed by atoms with Crippen LogP contribution in [-0.4, -0.2) is 17.4 Å². The molecule has 1 aromatic heterocycles. The van der Waals surface area contributed by atoms with Gasteiger partial charge in [-0.3, -0.25) is 4.79 Å². The maximum absolute atomic E-state index is 12.3. The highest BCUT2D eigenvalue weighted by atomic mass is 35.5. The van der Waals surface area contributed by atoms with Crippen molar-refractivity contribution in [2.45, 2.75) is 26.7 Å². The zero-order valence-electron chi connectivity index (χ0n) is 15.2. The summed E-state index contributed by atoms with van der Waals surface area (Å²) in [5.74, 6) is 0.0620. The number of Topliss-reactive ketones (excluding diaryl/α,β-unsaturated/α-hetero) is 1. The monoisotopic (exact) mass is 383 g/mol. The number of aromatic nitrogens is 1. The van der Waals surface area contributed by atoms with Crippen molar-refractivity contribution in [3.05, 3.63) is 57.8 Å². The van der Waals surface area contributed by atoms with Gasteiger partial charge in [0.25, 0.3) is 0 Å². The number of ketones is 1. The number of rotatable bonds is 4. The van der Waals surface area contributed by atoms with E-state index in [1.54, 1.807) is 13.0 Å². The second kappa shape index (κ2) is 7.29. The molecule has 0 unspecified atom stereocenters. The lowest BCUT2D eigenvalue weighted by Gasteiger charge is -2.27. The molecule has 3 rings (SSSR count). The van der Waals surface area contributed by atoms with Crippen molar-refractivity contribution >= 4 is 28.3 Å². The molecule has 0 aliphatic carbocycles. The zero-order valence-corrected chi connectivity index (χ0v) is 15.9. The Morgan fingerprint density at radius 1 is 1.44 bits per heavy atom. The summed E-state index contributed by atoms with van der Waals surface area (Å²) < 4.78 is 10.9. The molecule has 7 heteroatoms. The van der Waals surface area contributed by atoms with Crippen LogP contribution in [0.4, 0.5) is 0 Å². The minimum atomic E-state index is -0.725. The van der Waals surface area contributed by atoms with Gasteiger partial charge in [0.1, 0.15) is 28.3 Å². The van der Waals surface area contributed by atoms with E-state index in [0.29, 0.717) is 34.8 Å².